The van der Waals surface area contributed by atoms with E-state index in [2.05, 4.69) is 31.9 Å². The molecule has 0 fully saturated rings. The minimum absolute atomic E-state index is 0.115. The number of hydrogen-bond donors (Lipinski definition) is 0. The lowest BCUT2D eigenvalue weighted by Gasteiger charge is -2.14. The molecule has 4 heteroatoms. The lowest BCUT2D eigenvalue weighted by atomic mass is 10.00. The van der Waals surface area contributed by atoms with Gasteiger partial charge in [-0.15, -0.1) is 0 Å². The molecular formula is C15H12Br2F2. The molecule has 0 aliphatic rings. The van der Waals surface area contributed by atoms with Crippen LogP contribution in [0.15, 0.2) is 40.9 Å². The molecule has 0 bridgehead atoms. The van der Waals surface area contributed by atoms with Crippen molar-refractivity contribution in [3.63, 3.8) is 0 Å². The maximum atomic E-state index is 13.6. The molecule has 2 aromatic rings. The molecule has 0 aliphatic heterocycles. The maximum absolute atomic E-state index is 13.6. The van der Waals surface area contributed by atoms with Gasteiger partial charge < -0.3 is 0 Å². The Morgan fingerprint density at radius 3 is 2.37 bits per heavy atom. The van der Waals surface area contributed by atoms with E-state index in [1.165, 1.54) is 18.2 Å². The van der Waals surface area contributed by atoms with Crippen LogP contribution < -0.4 is 0 Å². The van der Waals surface area contributed by atoms with E-state index in [4.69, 9.17) is 0 Å². The molecular weight excluding hydrogens is 378 g/mol. The number of hydrogen-bond acceptors (Lipinski definition) is 0. The van der Waals surface area contributed by atoms with Gasteiger partial charge in [0.15, 0.2) is 0 Å². The topological polar surface area (TPSA) is 0 Å². The van der Waals surface area contributed by atoms with Gasteiger partial charge in [-0.2, -0.15) is 0 Å². The normalized spacial score (nSPS) is 12.5. The van der Waals surface area contributed by atoms with Crippen LogP contribution in [0.5, 0.6) is 0 Å². The molecule has 1 unspecified atom stereocenters. The molecule has 0 aromatic heterocycles. The Balaban J connectivity index is 2.31. The van der Waals surface area contributed by atoms with Gasteiger partial charge in [-0.3, -0.25) is 0 Å². The fourth-order valence-electron chi connectivity index (χ4n) is 1.97. The molecule has 0 saturated heterocycles. The second-order valence-corrected chi connectivity index (χ2v) is 6.39. The lowest BCUT2D eigenvalue weighted by Crippen LogP contribution is -2.02. The fraction of sp³-hybridized carbons (Fsp3) is 0.200. The summed E-state index contributed by atoms with van der Waals surface area (Å²) in [7, 11) is 0. The highest BCUT2D eigenvalue weighted by Crippen LogP contribution is 2.32. The van der Waals surface area contributed by atoms with Gasteiger partial charge in [0.2, 0.25) is 0 Å². The number of rotatable bonds is 3. The zero-order valence-corrected chi connectivity index (χ0v) is 13.4. The summed E-state index contributed by atoms with van der Waals surface area (Å²) in [5, 5.41) is 0. The van der Waals surface area contributed by atoms with Crippen molar-refractivity contribution < 1.29 is 8.78 Å². The van der Waals surface area contributed by atoms with E-state index in [1.54, 1.807) is 0 Å². The van der Waals surface area contributed by atoms with E-state index >= 15 is 0 Å². The van der Waals surface area contributed by atoms with Crippen LogP contribution in [-0.4, -0.2) is 0 Å². The average molecular weight is 390 g/mol. The summed E-state index contributed by atoms with van der Waals surface area (Å²) in [4.78, 5) is -0.128. The van der Waals surface area contributed by atoms with Gasteiger partial charge in [0.05, 0.1) is 0 Å². The Hall–Kier alpha value is -0.740. The van der Waals surface area contributed by atoms with Gasteiger partial charge in [0.1, 0.15) is 11.6 Å². The Kier molecular flexibility index (Phi) is 4.74. The predicted octanol–water partition coefficient (Wildman–Crippen LogP) is 5.71. The molecule has 2 rings (SSSR count). The highest BCUT2D eigenvalue weighted by Gasteiger charge is 2.16. The summed E-state index contributed by atoms with van der Waals surface area (Å²) < 4.78 is 28.2. The van der Waals surface area contributed by atoms with E-state index in [0.717, 1.165) is 15.6 Å². The van der Waals surface area contributed by atoms with Gasteiger partial charge >= 0.3 is 0 Å². The largest absolute Gasteiger partial charge is 0.207 e. The smallest absolute Gasteiger partial charge is 0.129 e. The molecule has 19 heavy (non-hydrogen) atoms. The van der Waals surface area contributed by atoms with Crippen molar-refractivity contribution in [2.45, 2.75) is 18.2 Å². The average Bonchev–Trinajstić information content (AvgIpc) is 2.37. The van der Waals surface area contributed by atoms with Crippen LogP contribution in [0.25, 0.3) is 0 Å². The third kappa shape index (κ3) is 3.42. The third-order valence-corrected chi connectivity index (χ3v) is 4.33. The number of benzene rings is 2. The number of alkyl halides is 1. The first-order chi connectivity index (χ1) is 8.99. The van der Waals surface area contributed by atoms with Gasteiger partial charge in [0.25, 0.3) is 0 Å². The maximum Gasteiger partial charge on any atom is 0.129 e. The van der Waals surface area contributed by atoms with Crippen LogP contribution in [0.1, 0.15) is 21.5 Å². The SMILES string of the molecule is Cc1ccc(Br)cc1C(Br)Cc1c(F)cccc1F. The highest BCUT2D eigenvalue weighted by molar-refractivity contribution is 9.10. The van der Waals surface area contributed by atoms with Crippen LogP contribution in [0.3, 0.4) is 0 Å². The highest BCUT2D eigenvalue weighted by atomic mass is 79.9. The van der Waals surface area contributed by atoms with Crippen molar-refractivity contribution in [3.8, 4) is 0 Å². The minimum atomic E-state index is -0.503. The van der Waals surface area contributed by atoms with Crippen molar-refractivity contribution >= 4 is 31.9 Å². The molecule has 0 heterocycles. The van der Waals surface area contributed by atoms with E-state index in [1.807, 2.05) is 25.1 Å². The van der Waals surface area contributed by atoms with Crippen molar-refractivity contribution in [1.29, 1.82) is 0 Å². The second-order valence-electron chi connectivity index (χ2n) is 4.37. The Labute approximate surface area is 128 Å². The summed E-state index contributed by atoms with van der Waals surface area (Å²) in [6, 6.07) is 9.83. The molecule has 100 valence electrons. The molecule has 0 aliphatic carbocycles. The minimum Gasteiger partial charge on any atom is -0.207 e. The molecule has 0 N–H and O–H groups in total. The summed E-state index contributed by atoms with van der Waals surface area (Å²) in [6.45, 7) is 1.98. The molecule has 0 nitrogen and oxygen atoms in total. The van der Waals surface area contributed by atoms with E-state index in [9.17, 15) is 8.78 Å². The first kappa shape index (κ1) is 14.7. The van der Waals surface area contributed by atoms with E-state index in [0.29, 0.717) is 0 Å². The van der Waals surface area contributed by atoms with E-state index in [-0.39, 0.29) is 16.8 Å². The summed E-state index contributed by atoms with van der Waals surface area (Å²) in [6.07, 6.45) is 0.274. The molecule has 0 radical (unpaired) electrons. The lowest BCUT2D eigenvalue weighted by molar-refractivity contribution is 0.554. The monoisotopic (exact) mass is 388 g/mol. The van der Waals surface area contributed by atoms with Gasteiger partial charge in [-0.1, -0.05) is 44.0 Å². The summed E-state index contributed by atoms with van der Waals surface area (Å²) in [5.74, 6) is -1.01. The zero-order chi connectivity index (χ0) is 14.0. The summed E-state index contributed by atoms with van der Waals surface area (Å²) >= 11 is 6.93. The fourth-order valence-corrected chi connectivity index (χ4v) is 3.16. The molecule has 2 aromatic carbocycles. The quantitative estimate of drug-likeness (QED) is 0.589. The first-order valence-electron chi connectivity index (χ1n) is 5.82. The molecule has 0 spiro atoms. The van der Waals surface area contributed by atoms with Crippen LogP contribution in [0.4, 0.5) is 8.78 Å². The predicted molar refractivity (Wildman–Crippen MR) is 80.6 cm³/mol. The molecule has 0 saturated carbocycles. The molecule has 0 amide bonds. The summed E-state index contributed by atoms with van der Waals surface area (Å²) in [5.41, 5.74) is 2.22. The van der Waals surface area contributed by atoms with E-state index < -0.39 is 11.6 Å². The van der Waals surface area contributed by atoms with Crippen LogP contribution in [0, 0.1) is 18.6 Å². The third-order valence-electron chi connectivity index (χ3n) is 3.02. The Bertz CT molecular complexity index is 576. The van der Waals surface area contributed by atoms with Crippen molar-refractivity contribution in [1.82, 2.24) is 0 Å². The number of aryl methyl sites for hydroxylation is 1. The van der Waals surface area contributed by atoms with Gasteiger partial charge in [-0.25, -0.2) is 8.78 Å². The van der Waals surface area contributed by atoms with Crippen molar-refractivity contribution in [3.05, 3.63) is 69.2 Å². The standard InChI is InChI=1S/C15H12Br2F2/c1-9-5-6-10(16)7-11(9)13(17)8-12-14(18)3-2-4-15(12)19/h2-7,13H,8H2,1H3. The van der Waals surface area contributed by atoms with Crippen LogP contribution in [0.2, 0.25) is 0 Å². The second kappa shape index (κ2) is 6.14. The van der Waals surface area contributed by atoms with Crippen molar-refractivity contribution in [2.75, 3.05) is 0 Å². The van der Waals surface area contributed by atoms with Crippen LogP contribution in [-0.2, 0) is 6.42 Å². The van der Waals surface area contributed by atoms with Gasteiger partial charge in [-0.05, 0) is 48.7 Å². The van der Waals surface area contributed by atoms with Crippen molar-refractivity contribution in [2.24, 2.45) is 0 Å². The van der Waals surface area contributed by atoms with Crippen LogP contribution >= 0.6 is 31.9 Å². The zero-order valence-electron chi connectivity index (χ0n) is 10.3. The molecule has 1 atom stereocenters. The number of halogens is 4. The van der Waals surface area contributed by atoms with Gasteiger partial charge in [0, 0.05) is 14.9 Å². The Morgan fingerprint density at radius 1 is 1.11 bits per heavy atom. The Morgan fingerprint density at radius 2 is 1.74 bits per heavy atom. The first-order valence-corrected chi connectivity index (χ1v) is 7.53.